The number of aromatic nitrogens is 2. The Hall–Kier alpha value is -4.38. The van der Waals surface area contributed by atoms with Gasteiger partial charge in [0.2, 0.25) is 5.95 Å². The summed E-state index contributed by atoms with van der Waals surface area (Å²) in [6.45, 7) is 5.93. The van der Waals surface area contributed by atoms with E-state index in [4.69, 9.17) is 4.42 Å². The second-order valence-corrected chi connectivity index (χ2v) is 7.10. The molecule has 4 rings (SSSR count). The van der Waals surface area contributed by atoms with Gasteiger partial charge in [0.15, 0.2) is 0 Å². The number of rotatable bonds is 6. The highest BCUT2D eigenvalue weighted by atomic mass is 16.4. The van der Waals surface area contributed by atoms with Gasteiger partial charge in [-0.3, -0.25) is 9.78 Å². The molecule has 0 saturated heterocycles. The van der Waals surface area contributed by atoms with Gasteiger partial charge >= 0.3 is 5.63 Å². The fourth-order valence-corrected chi connectivity index (χ4v) is 3.55. The minimum atomic E-state index is -0.528. The van der Waals surface area contributed by atoms with Crippen LogP contribution in [0.4, 0.5) is 17.3 Å². The van der Waals surface area contributed by atoms with Crippen molar-refractivity contribution in [2.75, 3.05) is 23.3 Å². The number of nitriles is 1. The fourth-order valence-electron chi connectivity index (χ4n) is 3.55. The Balaban J connectivity index is 1.71. The van der Waals surface area contributed by atoms with Gasteiger partial charge in [0.1, 0.15) is 17.2 Å². The molecule has 2 aromatic carbocycles. The summed E-state index contributed by atoms with van der Waals surface area (Å²) < 4.78 is 5.14. The Morgan fingerprint density at radius 1 is 1.06 bits per heavy atom. The maximum atomic E-state index is 12.6. The highest BCUT2D eigenvalue weighted by Gasteiger charge is 2.14. The van der Waals surface area contributed by atoms with E-state index in [0.717, 1.165) is 24.2 Å². The van der Waals surface area contributed by atoms with Crippen LogP contribution in [0.15, 0.2) is 68.6 Å². The van der Waals surface area contributed by atoms with Gasteiger partial charge in [0, 0.05) is 41.5 Å². The number of nitrogens with one attached hydrogen (secondary N) is 2. The summed E-state index contributed by atoms with van der Waals surface area (Å²) in [5, 5.41) is 13.3. The zero-order valence-electron chi connectivity index (χ0n) is 17.7. The summed E-state index contributed by atoms with van der Waals surface area (Å²) in [7, 11) is 0. The lowest BCUT2D eigenvalue weighted by molar-refractivity contribution is 0.561. The number of hydrogen-bond donors (Lipinski definition) is 2. The second kappa shape index (κ2) is 8.78. The van der Waals surface area contributed by atoms with Crippen LogP contribution in [0.1, 0.15) is 19.4 Å². The van der Waals surface area contributed by atoms with Crippen molar-refractivity contribution in [1.82, 2.24) is 9.97 Å². The molecule has 160 valence electrons. The van der Waals surface area contributed by atoms with Gasteiger partial charge in [0.25, 0.3) is 5.56 Å². The molecule has 8 nitrogen and oxygen atoms in total. The average molecular weight is 427 g/mol. The third kappa shape index (κ3) is 4.09. The Kier molecular flexibility index (Phi) is 5.73. The van der Waals surface area contributed by atoms with Crippen molar-refractivity contribution >= 4 is 28.3 Å². The molecule has 0 aliphatic rings. The molecule has 0 saturated carbocycles. The molecule has 2 heterocycles. The van der Waals surface area contributed by atoms with Crippen molar-refractivity contribution < 1.29 is 4.42 Å². The zero-order chi connectivity index (χ0) is 22.7. The minimum absolute atomic E-state index is 0.0496. The average Bonchev–Trinajstić information content (AvgIpc) is 2.80. The second-order valence-electron chi connectivity index (χ2n) is 7.10. The molecule has 0 atom stereocenters. The van der Waals surface area contributed by atoms with E-state index in [1.807, 2.05) is 30.3 Å². The molecule has 8 heteroatoms. The predicted molar refractivity (Wildman–Crippen MR) is 124 cm³/mol. The monoisotopic (exact) mass is 427 g/mol. The van der Waals surface area contributed by atoms with E-state index in [1.165, 1.54) is 6.07 Å². The molecule has 2 N–H and O–H groups in total. The lowest BCUT2D eigenvalue weighted by atomic mass is 10.1. The third-order valence-corrected chi connectivity index (χ3v) is 5.18. The van der Waals surface area contributed by atoms with Gasteiger partial charge in [-0.2, -0.15) is 5.26 Å². The van der Waals surface area contributed by atoms with Crippen LogP contribution < -0.4 is 21.4 Å². The number of anilines is 3. The van der Waals surface area contributed by atoms with Gasteiger partial charge in [-0.1, -0.05) is 12.1 Å². The molecule has 0 unspecified atom stereocenters. The number of fused-ring (bicyclic) bond motifs is 1. The van der Waals surface area contributed by atoms with Gasteiger partial charge in [-0.05, 0) is 50.2 Å². The summed E-state index contributed by atoms with van der Waals surface area (Å²) in [6.07, 6.45) is 0. The topological polar surface area (TPSA) is 115 Å². The molecule has 0 spiro atoms. The molecule has 0 aliphatic heterocycles. The van der Waals surface area contributed by atoms with Crippen LogP contribution in [0.3, 0.4) is 0 Å². The normalized spacial score (nSPS) is 10.7. The van der Waals surface area contributed by atoms with Crippen LogP contribution in [0.25, 0.3) is 22.2 Å². The number of aromatic amines is 1. The molecular weight excluding hydrogens is 406 g/mol. The summed E-state index contributed by atoms with van der Waals surface area (Å²) in [5.74, 6) is 0.202. The summed E-state index contributed by atoms with van der Waals surface area (Å²) in [4.78, 5) is 33.2. The van der Waals surface area contributed by atoms with Gasteiger partial charge < -0.3 is 14.6 Å². The van der Waals surface area contributed by atoms with E-state index in [-0.39, 0.29) is 11.5 Å². The smallest absolute Gasteiger partial charge is 0.336 e. The minimum Gasteiger partial charge on any atom is -0.423 e. The maximum Gasteiger partial charge on any atom is 0.336 e. The van der Waals surface area contributed by atoms with Crippen LogP contribution in [0.2, 0.25) is 0 Å². The van der Waals surface area contributed by atoms with E-state index in [1.54, 1.807) is 24.3 Å². The third-order valence-electron chi connectivity index (χ3n) is 5.18. The van der Waals surface area contributed by atoms with E-state index < -0.39 is 11.2 Å². The summed E-state index contributed by atoms with van der Waals surface area (Å²) >= 11 is 0. The number of nitrogens with zero attached hydrogens (tertiary/aromatic N) is 3. The zero-order valence-corrected chi connectivity index (χ0v) is 17.7. The molecule has 4 aromatic rings. The maximum absolute atomic E-state index is 12.6. The number of hydrogen-bond acceptors (Lipinski definition) is 7. The van der Waals surface area contributed by atoms with Crippen LogP contribution in [-0.2, 0) is 0 Å². The number of H-pyrrole nitrogens is 1. The van der Waals surface area contributed by atoms with E-state index in [0.29, 0.717) is 22.5 Å². The summed E-state index contributed by atoms with van der Waals surface area (Å²) in [5.41, 5.74) is 2.13. The Bertz CT molecular complexity index is 1430. The van der Waals surface area contributed by atoms with Crippen molar-refractivity contribution in [3.63, 3.8) is 0 Å². The Labute approximate surface area is 183 Å². The summed E-state index contributed by atoms with van der Waals surface area (Å²) in [6, 6.07) is 17.7. The van der Waals surface area contributed by atoms with E-state index in [2.05, 4.69) is 34.0 Å². The first kappa shape index (κ1) is 20.9. The van der Waals surface area contributed by atoms with Crippen LogP contribution in [0.5, 0.6) is 0 Å². The van der Waals surface area contributed by atoms with E-state index in [9.17, 15) is 14.9 Å². The highest BCUT2D eigenvalue weighted by molar-refractivity contribution is 5.81. The molecule has 0 fully saturated rings. The molecule has 0 radical (unpaired) electrons. The molecule has 0 bridgehead atoms. The molecular formula is C24H21N5O3. The molecule has 2 aromatic heterocycles. The first-order valence-electron chi connectivity index (χ1n) is 10.2. The standard InChI is InChI=1S/C24H21N5O3/c1-3-29(4-2)18-9-5-15(6-10-18)22-19(14-25)23(31)28-24(27-22)26-17-8-11-20-16(13-17)7-12-21(30)32-20/h5-13H,3-4H2,1-2H3,(H2,26,27,28,31). The number of benzene rings is 2. The lowest BCUT2D eigenvalue weighted by Gasteiger charge is -2.21. The van der Waals surface area contributed by atoms with Gasteiger partial charge in [-0.15, -0.1) is 0 Å². The van der Waals surface area contributed by atoms with Crippen molar-refractivity contribution in [2.24, 2.45) is 0 Å². The van der Waals surface area contributed by atoms with Crippen LogP contribution in [0, 0.1) is 11.3 Å². The van der Waals surface area contributed by atoms with Crippen molar-refractivity contribution in [3.8, 4) is 17.3 Å². The Morgan fingerprint density at radius 2 is 1.81 bits per heavy atom. The molecule has 0 aliphatic carbocycles. The SMILES string of the molecule is CCN(CC)c1ccc(-c2nc(Nc3ccc4oc(=O)ccc4c3)[nH]c(=O)c2C#N)cc1. The highest BCUT2D eigenvalue weighted by Crippen LogP contribution is 2.25. The first-order valence-corrected chi connectivity index (χ1v) is 10.2. The van der Waals surface area contributed by atoms with Gasteiger partial charge in [-0.25, -0.2) is 9.78 Å². The predicted octanol–water partition coefficient (Wildman–Crippen LogP) is 4.00. The van der Waals surface area contributed by atoms with Crippen molar-refractivity contribution in [2.45, 2.75) is 13.8 Å². The van der Waals surface area contributed by atoms with Gasteiger partial charge in [0.05, 0.1) is 5.69 Å². The first-order chi connectivity index (χ1) is 15.5. The fraction of sp³-hybridized carbons (Fsp3) is 0.167. The largest absolute Gasteiger partial charge is 0.423 e. The van der Waals surface area contributed by atoms with Crippen LogP contribution >= 0.6 is 0 Å². The molecule has 0 amide bonds. The van der Waals surface area contributed by atoms with Crippen molar-refractivity contribution in [1.29, 1.82) is 5.26 Å². The lowest BCUT2D eigenvalue weighted by Crippen LogP contribution is -2.21. The quantitative estimate of drug-likeness (QED) is 0.447. The Morgan fingerprint density at radius 3 is 2.50 bits per heavy atom. The van der Waals surface area contributed by atoms with Crippen molar-refractivity contribution in [3.05, 3.63) is 80.9 Å². The molecule has 32 heavy (non-hydrogen) atoms. The van der Waals surface area contributed by atoms with E-state index >= 15 is 0 Å². The van der Waals surface area contributed by atoms with Crippen LogP contribution in [-0.4, -0.2) is 23.1 Å².